The van der Waals surface area contributed by atoms with Gasteiger partial charge in [0.2, 0.25) is 5.88 Å². The van der Waals surface area contributed by atoms with Gasteiger partial charge in [-0.15, -0.1) is 0 Å². The van der Waals surface area contributed by atoms with Crippen LogP contribution in [-0.2, 0) is 6.61 Å². The predicted octanol–water partition coefficient (Wildman–Crippen LogP) is 3.11. The second-order valence-corrected chi connectivity index (χ2v) is 3.55. The fourth-order valence-electron chi connectivity index (χ4n) is 1.32. The number of aromatic nitrogens is 1. The topological polar surface area (TPSA) is 22.1 Å². The van der Waals surface area contributed by atoms with Crippen molar-refractivity contribution in [1.29, 1.82) is 0 Å². The van der Waals surface area contributed by atoms with Crippen LogP contribution in [0.15, 0.2) is 42.6 Å². The van der Waals surface area contributed by atoms with Gasteiger partial charge in [-0.05, 0) is 18.1 Å². The fourth-order valence-corrected chi connectivity index (χ4v) is 1.32. The molecule has 0 saturated heterocycles. The van der Waals surface area contributed by atoms with Crippen LogP contribution in [0.3, 0.4) is 0 Å². The Bertz CT molecular complexity index is 471. The van der Waals surface area contributed by atoms with Gasteiger partial charge in [0.15, 0.2) is 0 Å². The van der Waals surface area contributed by atoms with Gasteiger partial charge in [0, 0.05) is 6.07 Å². The van der Waals surface area contributed by atoms with Gasteiger partial charge in [0.1, 0.15) is 12.4 Å². The minimum absolute atomic E-state index is 0.313. The molecule has 1 aromatic carbocycles. The maximum atomic E-state index is 12.9. The molecule has 0 fully saturated rings. The molecule has 2 rings (SSSR count). The predicted molar refractivity (Wildman–Crippen MR) is 59.7 cm³/mol. The van der Waals surface area contributed by atoms with Gasteiger partial charge in [-0.3, -0.25) is 0 Å². The highest BCUT2D eigenvalue weighted by molar-refractivity contribution is 5.21. The maximum absolute atomic E-state index is 12.9. The second-order valence-electron chi connectivity index (χ2n) is 3.55. The minimum atomic E-state index is -0.313. The Labute approximate surface area is 93.7 Å². The monoisotopic (exact) mass is 217 g/mol. The van der Waals surface area contributed by atoms with E-state index in [0.717, 1.165) is 5.56 Å². The van der Waals surface area contributed by atoms with E-state index in [9.17, 15) is 4.39 Å². The molecule has 0 aliphatic heterocycles. The first-order valence-corrected chi connectivity index (χ1v) is 5.04. The van der Waals surface area contributed by atoms with Gasteiger partial charge in [0.25, 0.3) is 0 Å². The zero-order valence-corrected chi connectivity index (χ0v) is 8.98. The molecule has 0 bridgehead atoms. The summed E-state index contributed by atoms with van der Waals surface area (Å²) in [5.74, 6) is 0.134. The summed E-state index contributed by atoms with van der Waals surface area (Å²) in [4.78, 5) is 3.86. The lowest BCUT2D eigenvalue weighted by Gasteiger charge is -2.05. The number of aryl methyl sites for hydroxylation is 1. The van der Waals surface area contributed by atoms with Crippen molar-refractivity contribution < 1.29 is 9.13 Å². The quantitative estimate of drug-likeness (QED) is 0.788. The first kappa shape index (κ1) is 10.6. The van der Waals surface area contributed by atoms with Crippen molar-refractivity contribution in [2.24, 2.45) is 0 Å². The van der Waals surface area contributed by atoms with Crippen molar-refractivity contribution >= 4 is 0 Å². The summed E-state index contributed by atoms with van der Waals surface area (Å²) in [6, 6.07) is 11.4. The molecule has 0 aliphatic carbocycles. The highest BCUT2D eigenvalue weighted by Crippen LogP contribution is 2.13. The van der Waals surface area contributed by atoms with Crippen LogP contribution in [0.5, 0.6) is 5.88 Å². The summed E-state index contributed by atoms with van der Waals surface area (Å²) in [5, 5.41) is 0. The van der Waals surface area contributed by atoms with Gasteiger partial charge in [0.05, 0.1) is 6.20 Å². The smallest absolute Gasteiger partial charge is 0.213 e. The number of nitrogens with zero attached hydrogens (tertiary/aromatic N) is 1. The number of benzene rings is 1. The lowest BCUT2D eigenvalue weighted by molar-refractivity contribution is 0.292. The van der Waals surface area contributed by atoms with Gasteiger partial charge in [-0.1, -0.05) is 30.3 Å². The van der Waals surface area contributed by atoms with E-state index in [0.29, 0.717) is 18.1 Å². The Hall–Kier alpha value is -1.90. The highest BCUT2D eigenvalue weighted by atomic mass is 19.1. The van der Waals surface area contributed by atoms with E-state index in [-0.39, 0.29) is 5.82 Å². The average molecular weight is 217 g/mol. The van der Waals surface area contributed by atoms with E-state index in [1.165, 1.54) is 6.20 Å². The minimum Gasteiger partial charge on any atom is -0.473 e. The molecule has 2 nitrogen and oxygen atoms in total. The van der Waals surface area contributed by atoms with Crippen molar-refractivity contribution in [3.63, 3.8) is 0 Å². The largest absolute Gasteiger partial charge is 0.473 e. The van der Waals surface area contributed by atoms with Crippen LogP contribution < -0.4 is 4.74 Å². The Balaban J connectivity index is 2.03. The van der Waals surface area contributed by atoms with Crippen LogP contribution in [0.1, 0.15) is 11.1 Å². The van der Waals surface area contributed by atoms with Crippen LogP contribution in [0.4, 0.5) is 4.39 Å². The van der Waals surface area contributed by atoms with E-state index < -0.39 is 0 Å². The number of halogens is 1. The van der Waals surface area contributed by atoms with Crippen LogP contribution in [0.2, 0.25) is 0 Å². The highest BCUT2D eigenvalue weighted by Gasteiger charge is 2.01. The molecule has 0 unspecified atom stereocenters. The summed E-state index contributed by atoms with van der Waals surface area (Å²) >= 11 is 0. The Morgan fingerprint density at radius 3 is 2.69 bits per heavy atom. The molecule has 1 aromatic heterocycles. The summed E-state index contributed by atoms with van der Waals surface area (Å²) in [7, 11) is 0. The molecule has 0 spiro atoms. The van der Waals surface area contributed by atoms with Crippen molar-refractivity contribution in [2.75, 3.05) is 0 Å². The van der Waals surface area contributed by atoms with Crippen molar-refractivity contribution in [3.05, 3.63) is 59.5 Å². The maximum Gasteiger partial charge on any atom is 0.213 e. The molecule has 3 heteroatoms. The van der Waals surface area contributed by atoms with E-state index in [2.05, 4.69) is 4.98 Å². The van der Waals surface area contributed by atoms with Gasteiger partial charge in [-0.25, -0.2) is 9.37 Å². The van der Waals surface area contributed by atoms with E-state index in [1.807, 2.05) is 30.3 Å². The van der Waals surface area contributed by atoms with E-state index in [4.69, 9.17) is 4.74 Å². The molecule has 0 saturated carbocycles. The molecule has 0 amide bonds. The SMILES string of the molecule is Cc1cc(OCc2ccccc2)ncc1F. The Morgan fingerprint density at radius 1 is 1.25 bits per heavy atom. The van der Waals surface area contributed by atoms with Crippen molar-refractivity contribution in [2.45, 2.75) is 13.5 Å². The fraction of sp³-hybridized carbons (Fsp3) is 0.154. The molecule has 82 valence electrons. The van der Waals surface area contributed by atoms with Gasteiger partial charge < -0.3 is 4.74 Å². The van der Waals surface area contributed by atoms with E-state index >= 15 is 0 Å². The molecule has 16 heavy (non-hydrogen) atoms. The molecule has 2 aromatic rings. The molecule has 1 heterocycles. The standard InChI is InChI=1S/C13H12FNO/c1-10-7-13(15-8-12(10)14)16-9-11-5-3-2-4-6-11/h2-8H,9H2,1H3. The first-order chi connectivity index (χ1) is 7.75. The zero-order chi connectivity index (χ0) is 11.4. The number of pyridine rings is 1. The lowest BCUT2D eigenvalue weighted by Crippen LogP contribution is -1.98. The van der Waals surface area contributed by atoms with Gasteiger partial charge in [-0.2, -0.15) is 0 Å². The third-order valence-electron chi connectivity index (χ3n) is 2.25. The molecule has 0 atom stereocenters. The molecule has 0 aliphatic rings. The van der Waals surface area contributed by atoms with Crippen molar-refractivity contribution in [3.8, 4) is 5.88 Å². The molecular formula is C13H12FNO. The second kappa shape index (κ2) is 4.75. The molecule has 0 N–H and O–H groups in total. The first-order valence-electron chi connectivity index (χ1n) is 5.04. The number of hydrogen-bond acceptors (Lipinski definition) is 2. The zero-order valence-electron chi connectivity index (χ0n) is 8.98. The number of ether oxygens (including phenoxy) is 1. The van der Waals surface area contributed by atoms with E-state index in [1.54, 1.807) is 13.0 Å². The normalized spacial score (nSPS) is 10.1. The average Bonchev–Trinajstić information content (AvgIpc) is 2.32. The number of rotatable bonds is 3. The van der Waals surface area contributed by atoms with Crippen LogP contribution in [0.25, 0.3) is 0 Å². The molecule has 0 radical (unpaired) electrons. The number of hydrogen-bond donors (Lipinski definition) is 0. The third-order valence-corrected chi connectivity index (χ3v) is 2.25. The van der Waals surface area contributed by atoms with Crippen LogP contribution in [0, 0.1) is 12.7 Å². The summed E-state index contributed by atoms with van der Waals surface area (Å²) in [5.41, 5.74) is 1.60. The molecular weight excluding hydrogens is 205 g/mol. The lowest BCUT2D eigenvalue weighted by atomic mass is 10.2. The summed E-state index contributed by atoms with van der Waals surface area (Å²) in [6.45, 7) is 2.13. The summed E-state index contributed by atoms with van der Waals surface area (Å²) < 4.78 is 18.4. The van der Waals surface area contributed by atoms with Crippen molar-refractivity contribution in [1.82, 2.24) is 4.98 Å². The van der Waals surface area contributed by atoms with Gasteiger partial charge >= 0.3 is 0 Å². The Kier molecular flexibility index (Phi) is 3.15. The Morgan fingerprint density at radius 2 is 2.00 bits per heavy atom. The van der Waals surface area contributed by atoms with Crippen LogP contribution in [-0.4, -0.2) is 4.98 Å². The van der Waals surface area contributed by atoms with Crippen LogP contribution >= 0.6 is 0 Å². The third kappa shape index (κ3) is 2.57. The summed E-state index contributed by atoms with van der Waals surface area (Å²) in [6.07, 6.45) is 1.18.